The number of nitrogens with zero attached hydrogens (tertiary/aromatic N) is 1. The zero-order valence-electron chi connectivity index (χ0n) is 9.85. The minimum Gasteiger partial charge on any atom is -0.494 e. The number of anilines is 1. The lowest BCUT2D eigenvalue weighted by Crippen LogP contribution is -1.93. The van der Waals surface area contributed by atoms with Crippen molar-refractivity contribution >= 4 is 16.5 Å². The largest absolute Gasteiger partial charge is 0.494 e. The molecule has 0 atom stereocenters. The molecular formula is C13H16N2OS. The number of ether oxygens (including phenoxy) is 1. The maximum atomic E-state index is 5.60. The van der Waals surface area contributed by atoms with Gasteiger partial charge in [0.25, 0.3) is 0 Å². The van der Waals surface area contributed by atoms with Crippen molar-refractivity contribution in [2.45, 2.75) is 19.8 Å². The van der Waals surface area contributed by atoms with Crippen LogP contribution in [0.4, 0.5) is 5.13 Å². The van der Waals surface area contributed by atoms with E-state index >= 15 is 0 Å². The third kappa shape index (κ3) is 3.46. The molecule has 1 aromatic heterocycles. The fraction of sp³-hybridized carbons (Fsp3) is 0.308. The summed E-state index contributed by atoms with van der Waals surface area (Å²) in [7, 11) is 0. The maximum absolute atomic E-state index is 5.60. The summed E-state index contributed by atoms with van der Waals surface area (Å²) < 4.78 is 5.47. The Labute approximate surface area is 105 Å². The van der Waals surface area contributed by atoms with Crippen LogP contribution in [0.3, 0.4) is 0 Å². The van der Waals surface area contributed by atoms with Gasteiger partial charge in [0.05, 0.1) is 6.61 Å². The summed E-state index contributed by atoms with van der Waals surface area (Å²) in [4.78, 5) is 5.27. The van der Waals surface area contributed by atoms with E-state index in [1.807, 2.05) is 25.3 Å². The van der Waals surface area contributed by atoms with Gasteiger partial charge in [-0.15, -0.1) is 11.3 Å². The Balaban J connectivity index is 1.96. The van der Waals surface area contributed by atoms with Crippen LogP contribution in [0.1, 0.15) is 17.4 Å². The van der Waals surface area contributed by atoms with Crippen LogP contribution in [0.5, 0.6) is 5.75 Å². The molecule has 0 saturated carbocycles. The zero-order chi connectivity index (χ0) is 12.1. The Hall–Kier alpha value is -1.55. The summed E-state index contributed by atoms with van der Waals surface area (Å²) in [5, 5.41) is 0.642. The van der Waals surface area contributed by atoms with Crippen LogP contribution in [0.25, 0.3) is 0 Å². The first-order valence-corrected chi connectivity index (χ1v) is 6.51. The van der Waals surface area contributed by atoms with E-state index in [1.54, 1.807) is 11.3 Å². The predicted molar refractivity (Wildman–Crippen MR) is 71.5 cm³/mol. The van der Waals surface area contributed by atoms with Crippen molar-refractivity contribution in [3.8, 4) is 5.75 Å². The number of hydrogen-bond donors (Lipinski definition) is 1. The lowest BCUT2D eigenvalue weighted by Gasteiger charge is -2.05. The molecule has 0 saturated heterocycles. The molecular weight excluding hydrogens is 232 g/mol. The summed E-state index contributed by atoms with van der Waals surface area (Å²) >= 11 is 1.56. The number of rotatable bonds is 5. The summed E-state index contributed by atoms with van der Waals surface area (Å²) in [5.74, 6) is 0.939. The number of nitrogen functional groups attached to an aromatic ring is 1. The van der Waals surface area contributed by atoms with Crippen molar-refractivity contribution in [2.24, 2.45) is 0 Å². The summed E-state index contributed by atoms with van der Waals surface area (Å²) in [6.07, 6.45) is 3.82. The standard InChI is InChI=1S/C13H16N2OS/c1-2-16-11-5-3-4-10(8-11)6-7-12-9-15-13(14)17-12/h3-5,8-9H,2,6-7H2,1H3,(H2,14,15). The zero-order valence-corrected chi connectivity index (χ0v) is 10.7. The average molecular weight is 248 g/mol. The normalized spacial score (nSPS) is 10.4. The van der Waals surface area contributed by atoms with Crippen LogP contribution >= 0.6 is 11.3 Å². The third-order valence-corrected chi connectivity index (χ3v) is 3.33. The Bertz CT molecular complexity index is 482. The van der Waals surface area contributed by atoms with Gasteiger partial charge >= 0.3 is 0 Å². The molecule has 90 valence electrons. The number of nitrogens with two attached hydrogens (primary N) is 1. The highest BCUT2D eigenvalue weighted by Gasteiger charge is 2.01. The van der Waals surface area contributed by atoms with Crippen LogP contribution in [-0.2, 0) is 12.8 Å². The molecule has 0 aliphatic heterocycles. The summed E-state index contributed by atoms with van der Waals surface area (Å²) in [6, 6.07) is 8.22. The molecule has 2 N–H and O–H groups in total. The van der Waals surface area contributed by atoms with Crippen LogP contribution in [0.15, 0.2) is 30.5 Å². The van der Waals surface area contributed by atoms with Crippen molar-refractivity contribution < 1.29 is 4.74 Å². The number of thiazole rings is 1. The Morgan fingerprint density at radius 3 is 2.94 bits per heavy atom. The van der Waals surface area contributed by atoms with Gasteiger partial charge < -0.3 is 10.5 Å². The quantitative estimate of drug-likeness (QED) is 0.885. The van der Waals surface area contributed by atoms with Crippen molar-refractivity contribution in [1.29, 1.82) is 0 Å². The van der Waals surface area contributed by atoms with E-state index in [2.05, 4.69) is 17.1 Å². The van der Waals surface area contributed by atoms with Crippen LogP contribution in [-0.4, -0.2) is 11.6 Å². The van der Waals surface area contributed by atoms with Gasteiger partial charge in [-0.3, -0.25) is 0 Å². The lowest BCUT2D eigenvalue weighted by molar-refractivity contribution is 0.340. The molecule has 0 bridgehead atoms. The highest BCUT2D eigenvalue weighted by molar-refractivity contribution is 7.15. The van der Waals surface area contributed by atoms with Gasteiger partial charge in [-0.25, -0.2) is 4.98 Å². The highest BCUT2D eigenvalue weighted by atomic mass is 32.1. The fourth-order valence-corrected chi connectivity index (χ4v) is 2.35. The van der Waals surface area contributed by atoms with Gasteiger partial charge in [0.2, 0.25) is 0 Å². The van der Waals surface area contributed by atoms with Crippen molar-refractivity contribution in [3.63, 3.8) is 0 Å². The lowest BCUT2D eigenvalue weighted by atomic mass is 10.1. The van der Waals surface area contributed by atoms with E-state index in [0.29, 0.717) is 11.7 Å². The first-order chi connectivity index (χ1) is 8.28. The van der Waals surface area contributed by atoms with Crippen molar-refractivity contribution in [1.82, 2.24) is 4.98 Å². The second-order valence-electron chi connectivity index (χ2n) is 3.75. The van der Waals surface area contributed by atoms with E-state index < -0.39 is 0 Å². The molecule has 0 amide bonds. The molecule has 0 fully saturated rings. The smallest absolute Gasteiger partial charge is 0.180 e. The monoisotopic (exact) mass is 248 g/mol. The van der Waals surface area contributed by atoms with Crippen LogP contribution in [0.2, 0.25) is 0 Å². The third-order valence-electron chi connectivity index (χ3n) is 2.44. The van der Waals surface area contributed by atoms with Crippen molar-refractivity contribution in [2.75, 3.05) is 12.3 Å². The Morgan fingerprint density at radius 2 is 2.24 bits per heavy atom. The number of aryl methyl sites for hydroxylation is 2. The molecule has 0 spiro atoms. The van der Waals surface area contributed by atoms with E-state index in [9.17, 15) is 0 Å². The molecule has 0 unspecified atom stereocenters. The molecule has 4 heteroatoms. The van der Waals surface area contributed by atoms with Gasteiger partial charge in [0.1, 0.15) is 5.75 Å². The second-order valence-corrected chi connectivity index (χ2v) is 4.89. The number of hydrogen-bond acceptors (Lipinski definition) is 4. The van der Waals surface area contributed by atoms with Gasteiger partial charge in [0.15, 0.2) is 5.13 Å². The Kier molecular flexibility index (Phi) is 3.98. The van der Waals surface area contributed by atoms with E-state index in [4.69, 9.17) is 10.5 Å². The van der Waals surface area contributed by atoms with Gasteiger partial charge in [-0.2, -0.15) is 0 Å². The second kappa shape index (κ2) is 5.68. The minimum absolute atomic E-state index is 0.642. The Morgan fingerprint density at radius 1 is 1.35 bits per heavy atom. The molecule has 0 aliphatic rings. The highest BCUT2D eigenvalue weighted by Crippen LogP contribution is 2.19. The first kappa shape index (κ1) is 11.9. The molecule has 0 radical (unpaired) electrons. The molecule has 2 aromatic rings. The fourth-order valence-electron chi connectivity index (χ4n) is 1.66. The molecule has 3 nitrogen and oxygen atoms in total. The minimum atomic E-state index is 0.642. The molecule has 0 aliphatic carbocycles. The van der Waals surface area contributed by atoms with Crippen molar-refractivity contribution in [3.05, 3.63) is 40.9 Å². The predicted octanol–water partition coefficient (Wildman–Crippen LogP) is 2.91. The van der Waals surface area contributed by atoms with Gasteiger partial charge in [0, 0.05) is 11.1 Å². The molecule has 2 rings (SSSR count). The number of aromatic nitrogens is 1. The van der Waals surface area contributed by atoms with E-state index in [0.717, 1.165) is 18.6 Å². The average Bonchev–Trinajstić information content (AvgIpc) is 2.74. The SMILES string of the molecule is CCOc1cccc(CCc2cnc(N)s2)c1. The van der Waals surface area contributed by atoms with Gasteiger partial charge in [-0.1, -0.05) is 12.1 Å². The first-order valence-electron chi connectivity index (χ1n) is 5.70. The van der Waals surface area contributed by atoms with E-state index in [1.165, 1.54) is 10.4 Å². The molecule has 17 heavy (non-hydrogen) atoms. The number of benzene rings is 1. The topological polar surface area (TPSA) is 48.1 Å². The molecule has 1 heterocycles. The molecule has 1 aromatic carbocycles. The maximum Gasteiger partial charge on any atom is 0.180 e. The summed E-state index contributed by atoms with van der Waals surface area (Å²) in [6.45, 7) is 2.70. The van der Waals surface area contributed by atoms with E-state index in [-0.39, 0.29) is 0 Å². The van der Waals surface area contributed by atoms with Gasteiger partial charge in [-0.05, 0) is 37.5 Å². The van der Waals surface area contributed by atoms with Crippen LogP contribution < -0.4 is 10.5 Å². The summed E-state index contributed by atoms with van der Waals surface area (Å²) in [5.41, 5.74) is 6.88. The van der Waals surface area contributed by atoms with Crippen LogP contribution in [0, 0.1) is 0 Å².